The van der Waals surface area contributed by atoms with Crippen molar-refractivity contribution in [1.29, 1.82) is 0 Å². The third-order valence-corrected chi connectivity index (χ3v) is 4.33. The van der Waals surface area contributed by atoms with Crippen LogP contribution in [0.2, 0.25) is 0 Å². The summed E-state index contributed by atoms with van der Waals surface area (Å²) in [6, 6.07) is 10.3. The van der Waals surface area contributed by atoms with E-state index in [9.17, 15) is 0 Å². The van der Waals surface area contributed by atoms with Gasteiger partial charge in [-0.05, 0) is 44.9 Å². The molecule has 0 unspecified atom stereocenters. The first-order valence-electron chi connectivity index (χ1n) is 9.42. The Kier molecular flexibility index (Phi) is 6.41. The third-order valence-electron chi connectivity index (χ3n) is 4.33. The molecule has 8 nitrogen and oxygen atoms in total. The summed E-state index contributed by atoms with van der Waals surface area (Å²) in [5.41, 5.74) is 4.35. The topological polar surface area (TPSA) is 93.2 Å². The van der Waals surface area contributed by atoms with Crippen LogP contribution in [0.3, 0.4) is 0 Å². The van der Waals surface area contributed by atoms with Gasteiger partial charge in [0.25, 0.3) is 0 Å². The summed E-state index contributed by atoms with van der Waals surface area (Å²) >= 11 is 0. The van der Waals surface area contributed by atoms with Gasteiger partial charge in [-0.1, -0.05) is 23.4 Å². The SMILES string of the molecule is CN=C(NCCCc1nc(C)no1)NCc1ccccc1-n1nc(C)cc1C. The molecule has 0 aliphatic rings. The van der Waals surface area contributed by atoms with Crippen molar-refractivity contribution < 1.29 is 4.52 Å². The van der Waals surface area contributed by atoms with E-state index in [-0.39, 0.29) is 0 Å². The van der Waals surface area contributed by atoms with Crippen molar-refractivity contribution >= 4 is 5.96 Å². The molecule has 28 heavy (non-hydrogen) atoms. The van der Waals surface area contributed by atoms with Crippen molar-refractivity contribution in [3.05, 3.63) is 59.0 Å². The molecule has 3 aromatic rings. The Balaban J connectivity index is 1.54. The molecule has 2 N–H and O–H groups in total. The fourth-order valence-corrected chi connectivity index (χ4v) is 3.03. The zero-order valence-corrected chi connectivity index (χ0v) is 16.9. The molecule has 0 atom stereocenters. The highest BCUT2D eigenvalue weighted by Gasteiger charge is 2.09. The predicted octanol–water partition coefficient (Wildman–Crippen LogP) is 2.48. The molecule has 0 saturated carbocycles. The summed E-state index contributed by atoms with van der Waals surface area (Å²) in [4.78, 5) is 8.51. The molecule has 148 valence electrons. The maximum atomic E-state index is 5.13. The van der Waals surface area contributed by atoms with Crippen molar-refractivity contribution in [2.24, 2.45) is 4.99 Å². The van der Waals surface area contributed by atoms with Crippen LogP contribution in [-0.4, -0.2) is 39.5 Å². The number of aromatic nitrogens is 4. The molecule has 0 bridgehead atoms. The number of aliphatic imine (C=N–C) groups is 1. The van der Waals surface area contributed by atoms with Gasteiger partial charge < -0.3 is 15.2 Å². The Morgan fingerprint density at radius 1 is 1.18 bits per heavy atom. The predicted molar refractivity (Wildman–Crippen MR) is 109 cm³/mol. The molecule has 0 spiro atoms. The molecule has 0 radical (unpaired) electrons. The van der Waals surface area contributed by atoms with Gasteiger partial charge in [0.05, 0.1) is 11.4 Å². The molecule has 2 aromatic heterocycles. The minimum atomic E-state index is 0.650. The zero-order valence-electron chi connectivity index (χ0n) is 16.9. The number of benzene rings is 1. The molecule has 3 rings (SSSR count). The molecule has 0 saturated heterocycles. The van der Waals surface area contributed by atoms with Crippen LogP contribution in [0.4, 0.5) is 0 Å². The zero-order chi connectivity index (χ0) is 19.9. The lowest BCUT2D eigenvalue weighted by Gasteiger charge is -2.15. The average Bonchev–Trinajstić information content (AvgIpc) is 3.25. The first-order chi connectivity index (χ1) is 13.6. The number of nitrogens with zero attached hydrogens (tertiary/aromatic N) is 5. The van der Waals surface area contributed by atoms with E-state index in [1.807, 2.05) is 30.7 Å². The molecule has 8 heteroatoms. The number of hydrogen-bond acceptors (Lipinski definition) is 5. The summed E-state index contributed by atoms with van der Waals surface area (Å²) < 4.78 is 7.11. The van der Waals surface area contributed by atoms with E-state index in [0.29, 0.717) is 18.3 Å². The standard InChI is InChI=1S/C20H27N7O/c1-14-12-15(2)27(25-14)18-9-6-5-8-17(18)13-23-20(21-4)22-11-7-10-19-24-16(3)26-28-19/h5-6,8-9,12H,7,10-11,13H2,1-4H3,(H2,21,22,23). The van der Waals surface area contributed by atoms with E-state index in [0.717, 1.165) is 48.0 Å². The number of aryl methyl sites for hydroxylation is 4. The van der Waals surface area contributed by atoms with E-state index in [1.54, 1.807) is 7.05 Å². The van der Waals surface area contributed by atoms with Gasteiger partial charge in [0.15, 0.2) is 11.8 Å². The van der Waals surface area contributed by atoms with Crippen LogP contribution in [0, 0.1) is 20.8 Å². The maximum absolute atomic E-state index is 5.13. The molecular formula is C20H27N7O. The van der Waals surface area contributed by atoms with Crippen LogP contribution in [0.1, 0.15) is 35.1 Å². The first kappa shape index (κ1) is 19.6. The van der Waals surface area contributed by atoms with Crippen LogP contribution in [0.15, 0.2) is 39.8 Å². The number of guanidine groups is 1. The number of para-hydroxylation sites is 1. The van der Waals surface area contributed by atoms with Crippen LogP contribution in [-0.2, 0) is 13.0 Å². The number of hydrogen-bond donors (Lipinski definition) is 2. The van der Waals surface area contributed by atoms with Crippen molar-refractivity contribution in [2.75, 3.05) is 13.6 Å². The fraction of sp³-hybridized carbons (Fsp3) is 0.400. The average molecular weight is 381 g/mol. The second-order valence-electron chi connectivity index (χ2n) is 6.66. The molecule has 1 aromatic carbocycles. The van der Waals surface area contributed by atoms with E-state index >= 15 is 0 Å². The summed E-state index contributed by atoms with van der Waals surface area (Å²) in [6.07, 6.45) is 1.62. The summed E-state index contributed by atoms with van der Waals surface area (Å²) in [7, 11) is 1.77. The number of rotatable bonds is 7. The van der Waals surface area contributed by atoms with Gasteiger partial charge in [0, 0.05) is 32.3 Å². The van der Waals surface area contributed by atoms with Gasteiger partial charge in [-0.25, -0.2) is 4.68 Å². The molecule has 2 heterocycles. The minimum Gasteiger partial charge on any atom is -0.356 e. The number of nitrogens with one attached hydrogen (secondary N) is 2. The van der Waals surface area contributed by atoms with E-state index in [1.165, 1.54) is 0 Å². The summed E-state index contributed by atoms with van der Waals surface area (Å²) in [5.74, 6) is 2.09. The Morgan fingerprint density at radius 3 is 2.68 bits per heavy atom. The van der Waals surface area contributed by atoms with Crippen molar-refractivity contribution in [3.8, 4) is 5.69 Å². The lowest BCUT2D eigenvalue weighted by molar-refractivity contribution is 0.372. The summed E-state index contributed by atoms with van der Waals surface area (Å²) in [5, 5.41) is 15.1. The van der Waals surface area contributed by atoms with Gasteiger partial charge in [-0.2, -0.15) is 10.1 Å². The largest absolute Gasteiger partial charge is 0.356 e. The summed E-state index contributed by atoms with van der Waals surface area (Å²) in [6.45, 7) is 7.31. The van der Waals surface area contributed by atoms with Crippen LogP contribution < -0.4 is 10.6 Å². The fourth-order valence-electron chi connectivity index (χ4n) is 3.03. The molecule has 0 amide bonds. The van der Waals surface area contributed by atoms with Gasteiger partial charge in [-0.3, -0.25) is 4.99 Å². The second kappa shape index (κ2) is 9.16. The highest BCUT2D eigenvalue weighted by molar-refractivity contribution is 5.79. The van der Waals surface area contributed by atoms with E-state index in [2.05, 4.69) is 56.0 Å². The first-order valence-corrected chi connectivity index (χ1v) is 9.42. The van der Waals surface area contributed by atoms with Crippen LogP contribution in [0.5, 0.6) is 0 Å². The van der Waals surface area contributed by atoms with Gasteiger partial charge >= 0.3 is 0 Å². The van der Waals surface area contributed by atoms with Gasteiger partial charge in [-0.15, -0.1) is 0 Å². The molecule has 0 aliphatic heterocycles. The van der Waals surface area contributed by atoms with Crippen molar-refractivity contribution in [1.82, 2.24) is 30.6 Å². The highest BCUT2D eigenvalue weighted by atomic mass is 16.5. The Bertz CT molecular complexity index is 942. The Labute approximate surface area is 165 Å². The lowest BCUT2D eigenvalue weighted by atomic mass is 10.1. The highest BCUT2D eigenvalue weighted by Crippen LogP contribution is 2.16. The maximum Gasteiger partial charge on any atom is 0.226 e. The Morgan fingerprint density at radius 2 is 2.00 bits per heavy atom. The minimum absolute atomic E-state index is 0.650. The van der Waals surface area contributed by atoms with Crippen LogP contribution >= 0.6 is 0 Å². The quantitative estimate of drug-likeness (QED) is 0.371. The smallest absolute Gasteiger partial charge is 0.226 e. The Hall–Kier alpha value is -3.16. The van der Waals surface area contributed by atoms with Gasteiger partial charge in [0.1, 0.15) is 0 Å². The monoisotopic (exact) mass is 381 g/mol. The van der Waals surface area contributed by atoms with E-state index < -0.39 is 0 Å². The molecule has 0 aliphatic carbocycles. The van der Waals surface area contributed by atoms with Crippen molar-refractivity contribution in [2.45, 2.75) is 40.2 Å². The third kappa shape index (κ3) is 4.97. The van der Waals surface area contributed by atoms with Crippen LogP contribution in [0.25, 0.3) is 5.69 Å². The molecular weight excluding hydrogens is 354 g/mol. The van der Waals surface area contributed by atoms with Crippen molar-refractivity contribution in [3.63, 3.8) is 0 Å². The lowest BCUT2D eigenvalue weighted by Crippen LogP contribution is -2.37. The van der Waals surface area contributed by atoms with Gasteiger partial charge in [0.2, 0.25) is 5.89 Å². The van der Waals surface area contributed by atoms with E-state index in [4.69, 9.17) is 4.52 Å². The molecule has 0 fully saturated rings. The normalized spacial score (nSPS) is 11.6. The second-order valence-corrected chi connectivity index (χ2v) is 6.66.